The van der Waals surface area contributed by atoms with Crippen molar-refractivity contribution in [1.82, 2.24) is 4.90 Å². The number of piperidine rings is 1. The Morgan fingerprint density at radius 2 is 2.14 bits per heavy atom. The summed E-state index contributed by atoms with van der Waals surface area (Å²) in [6.45, 7) is 4.01. The van der Waals surface area contributed by atoms with Crippen LogP contribution in [0.5, 0.6) is 5.75 Å². The van der Waals surface area contributed by atoms with E-state index in [1.54, 1.807) is 12.1 Å². The number of hydrogen-bond acceptors (Lipinski definition) is 5. The SMILES string of the molecule is C[C@H]1CCCCN1C[C@@H](O)COc1ccc([N+](=O)[O-])cc1. The fraction of sp³-hybridized carbons (Fsp3) is 0.600. The molecular formula is C15H22N2O4. The minimum absolute atomic E-state index is 0.0324. The minimum atomic E-state index is -0.555. The van der Waals surface area contributed by atoms with Crippen molar-refractivity contribution in [2.45, 2.75) is 38.3 Å². The van der Waals surface area contributed by atoms with E-state index in [0.29, 0.717) is 18.3 Å². The summed E-state index contributed by atoms with van der Waals surface area (Å²) in [5.41, 5.74) is 0.0324. The first kappa shape index (κ1) is 15.7. The molecule has 1 aliphatic rings. The van der Waals surface area contributed by atoms with Crippen LogP contribution >= 0.6 is 0 Å². The smallest absolute Gasteiger partial charge is 0.269 e. The van der Waals surface area contributed by atoms with Gasteiger partial charge in [-0.2, -0.15) is 0 Å². The lowest BCUT2D eigenvalue weighted by Crippen LogP contribution is -2.43. The molecule has 2 atom stereocenters. The first-order valence-corrected chi connectivity index (χ1v) is 7.35. The van der Waals surface area contributed by atoms with Crippen LogP contribution in [0, 0.1) is 10.1 Å². The maximum atomic E-state index is 10.5. The Morgan fingerprint density at radius 3 is 2.76 bits per heavy atom. The van der Waals surface area contributed by atoms with Gasteiger partial charge in [0.25, 0.3) is 5.69 Å². The van der Waals surface area contributed by atoms with Crippen molar-refractivity contribution in [3.05, 3.63) is 34.4 Å². The summed E-state index contributed by atoms with van der Waals surface area (Å²) in [4.78, 5) is 12.4. The highest BCUT2D eigenvalue weighted by Crippen LogP contribution is 2.19. The van der Waals surface area contributed by atoms with Crippen LogP contribution in [0.4, 0.5) is 5.69 Å². The van der Waals surface area contributed by atoms with Gasteiger partial charge >= 0.3 is 0 Å². The molecule has 0 bridgehead atoms. The van der Waals surface area contributed by atoms with Crippen LogP contribution in [0.25, 0.3) is 0 Å². The fourth-order valence-corrected chi connectivity index (χ4v) is 2.61. The highest BCUT2D eigenvalue weighted by Gasteiger charge is 2.21. The summed E-state index contributed by atoms with van der Waals surface area (Å²) < 4.78 is 5.48. The second-order valence-electron chi connectivity index (χ2n) is 5.56. The van der Waals surface area contributed by atoms with E-state index in [1.165, 1.54) is 31.4 Å². The number of hydrogen-bond donors (Lipinski definition) is 1. The molecule has 6 nitrogen and oxygen atoms in total. The third kappa shape index (κ3) is 4.68. The topological polar surface area (TPSA) is 75.8 Å². The molecule has 0 radical (unpaired) electrons. The van der Waals surface area contributed by atoms with E-state index in [4.69, 9.17) is 4.74 Å². The van der Waals surface area contributed by atoms with E-state index in [-0.39, 0.29) is 12.3 Å². The lowest BCUT2D eigenvalue weighted by molar-refractivity contribution is -0.384. The first-order valence-electron chi connectivity index (χ1n) is 7.35. The van der Waals surface area contributed by atoms with Crippen molar-refractivity contribution < 1.29 is 14.8 Å². The highest BCUT2D eigenvalue weighted by molar-refractivity contribution is 5.35. The molecule has 0 unspecified atom stereocenters. The molecule has 1 aromatic carbocycles. The number of nitro benzene ring substituents is 1. The average molecular weight is 294 g/mol. The monoisotopic (exact) mass is 294 g/mol. The molecule has 1 heterocycles. The quantitative estimate of drug-likeness (QED) is 0.643. The summed E-state index contributed by atoms with van der Waals surface area (Å²) in [6, 6.07) is 6.40. The van der Waals surface area contributed by atoms with Crippen molar-refractivity contribution in [3.8, 4) is 5.75 Å². The largest absolute Gasteiger partial charge is 0.491 e. The molecule has 0 amide bonds. The van der Waals surface area contributed by atoms with Crippen LogP contribution in [0.3, 0.4) is 0 Å². The molecule has 2 rings (SSSR count). The summed E-state index contributed by atoms with van der Waals surface area (Å²) in [7, 11) is 0. The molecule has 1 N–H and O–H groups in total. The molecular weight excluding hydrogens is 272 g/mol. The van der Waals surface area contributed by atoms with Crippen molar-refractivity contribution >= 4 is 5.69 Å². The van der Waals surface area contributed by atoms with Gasteiger partial charge in [-0.15, -0.1) is 0 Å². The van der Waals surface area contributed by atoms with Crippen LogP contribution in [-0.4, -0.2) is 46.8 Å². The summed E-state index contributed by atoms with van der Waals surface area (Å²) in [6.07, 6.45) is 3.06. The minimum Gasteiger partial charge on any atom is -0.491 e. The van der Waals surface area contributed by atoms with Gasteiger partial charge in [-0.1, -0.05) is 6.42 Å². The Balaban J connectivity index is 1.77. The summed E-state index contributed by atoms with van der Waals surface area (Å²) in [5.74, 6) is 0.534. The van der Waals surface area contributed by atoms with E-state index >= 15 is 0 Å². The molecule has 6 heteroatoms. The molecule has 1 aromatic rings. The van der Waals surface area contributed by atoms with E-state index in [1.807, 2.05) is 0 Å². The molecule has 1 fully saturated rings. The lowest BCUT2D eigenvalue weighted by Gasteiger charge is -2.34. The lowest BCUT2D eigenvalue weighted by atomic mass is 10.0. The Hall–Kier alpha value is -1.66. The predicted octanol–water partition coefficient (Wildman–Crippen LogP) is 2.21. The Kier molecular flexibility index (Phi) is 5.52. The maximum absolute atomic E-state index is 10.5. The molecule has 0 aromatic heterocycles. The van der Waals surface area contributed by atoms with E-state index in [0.717, 1.165) is 6.54 Å². The molecule has 0 aliphatic carbocycles. The Morgan fingerprint density at radius 1 is 1.43 bits per heavy atom. The number of aliphatic hydroxyl groups excluding tert-OH is 1. The third-order valence-corrected chi connectivity index (χ3v) is 3.88. The first-order chi connectivity index (χ1) is 10.1. The summed E-state index contributed by atoms with van der Waals surface area (Å²) >= 11 is 0. The third-order valence-electron chi connectivity index (χ3n) is 3.88. The van der Waals surface area contributed by atoms with E-state index in [9.17, 15) is 15.2 Å². The number of rotatable bonds is 6. The molecule has 116 valence electrons. The average Bonchev–Trinajstić information content (AvgIpc) is 2.48. The van der Waals surface area contributed by atoms with Gasteiger partial charge in [-0.25, -0.2) is 0 Å². The molecule has 0 saturated carbocycles. The van der Waals surface area contributed by atoms with Gasteiger partial charge in [0.15, 0.2) is 0 Å². The zero-order valence-electron chi connectivity index (χ0n) is 12.3. The van der Waals surface area contributed by atoms with Gasteiger partial charge in [0.05, 0.1) is 4.92 Å². The molecule has 0 spiro atoms. The number of aliphatic hydroxyl groups is 1. The fourth-order valence-electron chi connectivity index (χ4n) is 2.61. The van der Waals surface area contributed by atoms with Gasteiger partial charge in [0.1, 0.15) is 18.5 Å². The standard InChI is InChI=1S/C15H22N2O4/c1-12-4-2-3-9-16(12)10-14(18)11-21-15-7-5-13(6-8-15)17(19)20/h5-8,12,14,18H,2-4,9-11H2,1H3/t12-,14+/m0/s1. The maximum Gasteiger partial charge on any atom is 0.269 e. The predicted molar refractivity (Wildman–Crippen MR) is 79.5 cm³/mol. The van der Waals surface area contributed by atoms with E-state index in [2.05, 4.69) is 11.8 Å². The number of likely N-dealkylation sites (tertiary alicyclic amines) is 1. The van der Waals surface area contributed by atoms with Crippen molar-refractivity contribution in [3.63, 3.8) is 0 Å². The van der Waals surface area contributed by atoms with Gasteiger partial charge < -0.3 is 9.84 Å². The van der Waals surface area contributed by atoms with E-state index < -0.39 is 11.0 Å². The van der Waals surface area contributed by atoms with Crippen LogP contribution in [-0.2, 0) is 0 Å². The number of benzene rings is 1. The van der Waals surface area contributed by atoms with Gasteiger partial charge in [-0.3, -0.25) is 15.0 Å². The summed E-state index contributed by atoms with van der Waals surface area (Å²) in [5, 5.41) is 20.6. The second-order valence-corrected chi connectivity index (χ2v) is 5.56. The molecule has 1 saturated heterocycles. The Labute approximate surface area is 124 Å². The van der Waals surface area contributed by atoms with Gasteiger partial charge in [0.2, 0.25) is 0 Å². The van der Waals surface area contributed by atoms with Gasteiger partial charge in [0, 0.05) is 24.7 Å². The molecule has 1 aliphatic heterocycles. The zero-order chi connectivity index (χ0) is 15.2. The van der Waals surface area contributed by atoms with Gasteiger partial charge in [-0.05, 0) is 38.4 Å². The number of β-amino-alcohol motifs (C(OH)–C–C–N with tert-alkyl or cyclic N) is 1. The van der Waals surface area contributed by atoms with Crippen LogP contribution < -0.4 is 4.74 Å². The Bertz CT molecular complexity index is 463. The molecule has 21 heavy (non-hydrogen) atoms. The second kappa shape index (κ2) is 7.38. The zero-order valence-corrected chi connectivity index (χ0v) is 12.3. The van der Waals surface area contributed by atoms with Crippen molar-refractivity contribution in [2.75, 3.05) is 19.7 Å². The number of ether oxygens (including phenoxy) is 1. The van der Waals surface area contributed by atoms with Crippen molar-refractivity contribution in [1.29, 1.82) is 0 Å². The normalized spacial score (nSPS) is 21.0. The van der Waals surface area contributed by atoms with Crippen LogP contribution in [0.2, 0.25) is 0 Å². The number of nitro groups is 1. The van der Waals surface area contributed by atoms with Crippen molar-refractivity contribution in [2.24, 2.45) is 0 Å². The van der Waals surface area contributed by atoms with Crippen LogP contribution in [0.15, 0.2) is 24.3 Å². The number of non-ortho nitro benzene ring substituents is 1. The number of nitrogens with zero attached hydrogens (tertiary/aromatic N) is 2. The highest BCUT2D eigenvalue weighted by atomic mass is 16.6. The van der Waals surface area contributed by atoms with Crippen LogP contribution in [0.1, 0.15) is 26.2 Å².